The van der Waals surface area contributed by atoms with E-state index in [0.717, 1.165) is 31.3 Å². The van der Waals surface area contributed by atoms with Gasteiger partial charge in [0.05, 0.1) is 12.2 Å². The third-order valence-corrected chi connectivity index (χ3v) is 5.29. The molecule has 1 saturated heterocycles. The van der Waals surface area contributed by atoms with E-state index in [1.54, 1.807) is 23.8 Å². The lowest BCUT2D eigenvalue weighted by Crippen LogP contribution is -2.49. The lowest BCUT2D eigenvalue weighted by molar-refractivity contribution is -0.117. The summed E-state index contributed by atoms with van der Waals surface area (Å²) in [6, 6.07) is 4.97. The first-order valence-electron chi connectivity index (χ1n) is 9.03. The number of hydrogen-bond donors (Lipinski definition) is 1. The van der Waals surface area contributed by atoms with E-state index < -0.39 is 11.6 Å². The summed E-state index contributed by atoms with van der Waals surface area (Å²) in [5.41, 5.74) is 0.361. The van der Waals surface area contributed by atoms with Crippen LogP contribution >= 0.6 is 11.3 Å². The number of rotatable bonds is 5. The van der Waals surface area contributed by atoms with Gasteiger partial charge in [-0.2, -0.15) is 0 Å². The van der Waals surface area contributed by atoms with E-state index in [4.69, 9.17) is 0 Å². The number of carbonyl (C=O) groups is 1. The number of benzene rings is 1. The number of nitrogens with one attached hydrogen (secondary N) is 1. The molecule has 4 rings (SSSR count). The van der Waals surface area contributed by atoms with Crippen LogP contribution in [0.3, 0.4) is 0 Å². The van der Waals surface area contributed by atoms with Crippen molar-refractivity contribution in [3.8, 4) is 11.3 Å². The molecule has 150 valence electrons. The number of thiazole rings is 1. The van der Waals surface area contributed by atoms with Gasteiger partial charge in [-0.1, -0.05) is 0 Å². The first-order valence-corrected chi connectivity index (χ1v) is 9.91. The molecule has 3 aromatic rings. The minimum Gasteiger partial charge on any atom is -0.338 e. The zero-order valence-corrected chi connectivity index (χ0v) is 16.2. The Morgan fingerprint density at radius 3 is 2.66 bits per heavy atom. The summed E-state index contributed by atoms with van der Waals surface area (Å²) in [6.07, 6.45) is 3.42. The highest BCUT2D eigenvalue weighted by atomic mass is 32.1. The fourth-order valence-electron chi connectivity index (χ4n) is 3.07. The molecular weight excluding hydrogens is 398 g/mol. The Morgan fingerprint density at radius 2 is 1.90 bits per heavy atom. The summed E-state index contributed by atoms with van der Waals surface area (Å²) in [4.78, 5) is 29.1. The smallest absolute Gasteiger partial charge is 0.240 e. The molecule has 1 aliphatic heterocycles. The van der Waals surface area contributed by atoms with E-state index in [9.17, 15) is 13.6 Å². The minimum absolute atomic E-state index is 0.0704. The molecule has 0 radical (unpaired) electrons. The van der Waals surface area contributed by atoms with Crippen molar-refractivity contribution in [2.45, 2.75) is 0 Å². The third kappa shape index (κ3) is 4.72. The van der Waals surface area contributed by atoms with Crippen molar-refractivity contribution in [2.24, 2.45) is 0 Å². The number of aromatic nitrogens is 3. The van der Waals surface area contributed by atoms with Crippen LogP contribution in [0.25, 0.3) is 11.3 Å². The number of hydrogen-bond acceptors (Lipinski definition) is 7. The topological polar surface area (TPSA) is 74.2 Å². The van der Waals surface area contributed by atoms with Gasteiger partial charge in [-0.15, -0.1) is 11.3 Å². The summed E-state index contributed by atoms with van der Waals surface area (Å²) in [7, 11) is 0. The molecule has 1 amide bonds. The van der Waals surface area contributed by atoms with Crippen molar-refractivity contribution < 1.29 is 13.6 Å². The number of nitrogens with zero attached hydrogens (tertiary/aromatic N) is 5. The SMILES string of the molecule is O=C(CN1CCN(c2ncccn2)CC1)Nc1nc(-c2cc(F)ccc2F)cs1. The van der Waals surface area contributed by atoms with Crippen molar-refractivity contribution in [3.63, 3.8) is 0 Å². The molecule has 7 nitrogen and oxygen atoms in total. The number of piperazine rings is 1. The number of amides is 1. The first kappa shape index (κ1) is 19.3. The van der Waals surface area contributed by atoms with Gasteiger partial charge >= 0.3 is 0 Å². The highest BCUT2D eigenvalue weighted by molar-refractivity contribution is 7.14. The average Bonchev–Trinajstić information content (AvgIpc) is 3.19. The van der Waals surface area contributed by atoms with Gasteiger partial charge in [0.25, 0.3) is 0 Å². The molecule has 1 aromatic carbocycles. The van der Waals surface area contributed by atoms with Gasteiger partial charge in [-0.3, -0.25) is 9.69 Å². The first-order chi connectivity index (χ1) is 14.1. The Kier molecular flexibility index (Phi) is 5.72. The highest BCUT2D eigenvalue weighted by Crippen LogP contribution is 2.27. The largest absolute Gasteiger partial charge is 0.338 e. The van der Waals surface area contributed by atoms with Crippen LogP contribution in [-0.4, -0.2) is 58.5 Å². The average molecular weight is 416 g/mol. The fraction of sp³-hybridized carbons (Fsp3) is 0.263. The lowest BCUT2D eigenvalue weighted by Gasteiger charge is -2.34. The standard InChI is InChI=1S/C19H18F2N6OS/c20-13-2-3-15(21)14(10-13)16-12-29-19(24-16)25-17(28)11-26-6-8-27(9-7-26)18-22-4-1-5-23-18/h1-5,10,12H,6-9,11H2,(H,24,25,28). The Morgan fingerprint density at radius 1 is 1.14 bits per heavy atom. The van der Waals surface area contributed by atoms with Crippen LogP contribution in [0.1, 0.15) is 0 Å². The molecule has 10 heteroatoms. The van der Waals surface area contributed by atoms with Crippen molar-refractivity contribution >= 4 is 28.3 Å². The highest BCUT2D eigenvalue weighted by Gasteiger charge is 2.21. The molecule has 2 aromatic heterocycles. The molecule has 0 atom stereocenters. The number of carbonyl (C=O) groups excluding carboxylic acids is 1. The van der Waals surface area contributed by atoms with Crippen LogP contribution in [0.5, 0.6) is 0 Å². The quantitative estimate of drug-likeness (QED) is 0.689. The summed E-state index contributed by atoms with van der Waals surface area (Å²) in [6.45, 7) is 3.12. The van der Waals surface area contributed by atoms with E-state index in [1.807, 2.05) is 4.90 Å². The van der Waals surface area contributed by atoms with Crippen LogP contribution in [0, 0.1) is 11.6 Å². The molecule has 1 fully saturated rings. The zero-order chi connectivity index (χ0) is 20.2. The Balaban J connectivity index is 1.31. The molecule has 0 aliphatic carbocycles. The van der Waals surface area contributed by atoms with Gasteiger partial charge < -0.3 is 10.2 Å². The maximum Gasteiger partial charge on any atom is 0.240 e. The monoisotopic (exact) mass is 416 g/mol. The van der Waals surface area contributed by atoms with E-state index >= 15 is 0 Å². The summed E-state index contributed by atoms with van der Waals surface area (Å²) in [5.74, 6) is -0.610. The van der Waals surface area contributed by atoms with Crippen molar-refractivity contribution in [1.29, 1.82) is 0 Å². The van der Waals surface area contributed by atoms with Gasteiger partial charge in [-0.05, 0) is 24.3 Å². The van der Waals surface area contributed by atoms with Crippen LogP contribution in [0.15, 0.2) is 42.0 Å². The molecule has 0 saturated carbocycles. The summed E-state index contributed by atoms with van der Waals surface area (Å²) in [5, 5.41) is 4.67. The van der Waals surface area contributed by atoms with Gasteiger partial charge in [0.2, 0.25) is 11.9 Å². The van der Waals surface area contributed by atoms with Crippen molar-refractivity contribution in [3.05, 3.63) is 53.7 Å². The second-order valence-electron chi connectivity index (χ2n) is 6.52. The fourth-order valence-corrected chi connectivity index (χ4v) is 3.80. The second kappa shape index (κ2) is 8.58. The van der Waals surface area contributed by atoms with E-state index in [2.05, 4.69) is 25.2 Å². The zero-order valence-electron chi connectivity index (χ0n) is 15.4. The molecule has 0 spiro atoms. The molecule has 0 bridgehead atoms. The summed E-state index contributed by atoms with van der Waals surface area (Å²) >= 11 is 1.17. The number of halogens is 2. The van der Waals surface area contributed by atoms with Gasteiger partial charge in [0.15, 0.2) is 5.13 Å². The molecule has 1 aliphatic rings. The molecule has 29 heavy (non-hydrogen) atoms. The lowest BCUT2D eigenvalue weighted by atomic mass is 10.1. The van der Waals surface area contributed by atoms with Crippen LogP contribution in [0.4, 0.5) is 19.9 Å². The third-order valence-electron chi connectivity index (χ3n) is 4.53. The van der Waals surface area contributed by atoms with Crippen LogP contribution < -0.4 is 10.2 Å². The Labute approximate surface area is 170 Å². The van der Waals surface area contributed by atoms with E-state index in [0.29, 0.717) is 29.9 Å². The van der Waals surface area contributed by atoms with E-state index in [1.165, 1.54) is 11.3 Å². The maximum absolute atomic E-state index is 13.9. The maximum atomic E-state index is 13.9. The van der Waals surface area contributed by atoms with Gasteiger partial charge in [-0.25, -0.2) is 23.7 Å². The molecular formula is C19H18F2N6OS. The molecule has 1 N–H and O–H groups in total. The second-order valence-corrected chi connectivity index (χ2v) is 7.38. The van der Waals surface area contributed by atoms with Gasteiger partial charge in [0, 0.05) is 49.5 Å². The molecule has 0 unspecified atom stereocenters. The Hall–Kier alpha value is -2.98. The van der Waals surface area contributed by atoms with Crippen LogP contribution in [0.2, 0.25) is 0 Å². The van der Waals surface area contributed by atoms with Crippen molar-refractivity contribution in [2.75, 3.05) is 42.9 Å². The van der Waals surface area contributed by atoms with Gasteiger partial charge in [0.1, 0.15) is 11.6 Å². The van der Waals surface area contributed by atoms with Crippen LogP contribution in [-0.2, 0) is 4.79 Å². The number of anilines is 2. The minimum atomic E-state index is -0.560. The normalized spacial score (nSPS) is 14.8. The summed E-state index contributed by atoms with van der Waals surface area (Å²) < 4.78 is 27.3. The molecule has 3 heterocycles. The predicted molar refractivity (Wildman–Crippen MR) is 107 cm³/mol. The Bertz CT molecular complexity index is 991. The van der Waals surface area contributed by atoms with E-state index in [-0.39, 0.29) is 18.0 Å². The predicted octanol–water partition coefficient (Wildman–Crippen LogP) is 2.64. The van der Waals surface area contributed by atoms with Crippen molar-refractivity contribution in [1.82, 2.24) is 19.9 Å².